The van der Waals surface area contributed by atoms with Gasteiger partial charge >= 0.3 is 12.1 Å². The summed E-state index contributed by atoms with van der Waals surface area (Å²) in [6.07, 6.45) is -4.45. The van der Waals surface area contributed by atoms with E-state index >= 15 is 0 Å². The molecule has 0 atom stereocenters. The number of rotatable bonds is 6. The predicted octanol–water partition coefficient (Wildman–Crippen LogP) is 6.71. The zero-order chi connectivity index (χ0) is 27.2. The number of benzene rings is 3. The molecule has 4 rings (SSSR count). The summed E-state index contributed by atoms with van der Waals surface area (Å²) < 4.78 is 101. The average molecular weight is 546 g/mol. The standard InChI is InChI=1S/C24H11ClF7NO4/c25-10-4-5-16-13(6-10)14(22(34)23(35)36)8-33(16)11-2-1-3-12(7-11)37-9-15-18(26)20(28)17(24(30,31)32)21(29)19(15)27/h1-8H,9H2,(H,35,36). The highest BCUT2D eigenvalue weighted by Gasteiger charge is 2.42. The minimum atomic E-state index is -5.67. The molecule has 0 amide bonds. The van der Waals surface area contributed by atoms with E-state index in [1.165, 1.54) is 53.2 Å². The molecule has 1 heterocycles. The topological polar surface area (TPSA) is 68.5 Å². The highest BCUT2D eigenvalue weighted by molar-refractivity contribution is 6.42. The second-order valence-electron chi connectivity index (χ2n) is 7.60. The number of Topliss-reactive ketones (excluding diaryl/α,β-unsaturated/α-hetero) is 1. The monoisotopic (exact) mass is 545 g/mol. The van der Waals surface area contributed by atoms with Crippen molar-refractivity contribution in [2.24, 2.45) is 0 Å². The van der Waals surface area contributed by atoms with Gasteiger partial charge in [-0.15, -0.1) is 0 Å². The number of carbonyl (C=O) groups excluding carboxylic acids is 1. The molecular formula is C24H11ClF7NO4. The van der Waals surface area contributed by atoms with Crippen molar-refractivity contribution in [1.29, 1.82) is 0 Å². The van der Waals surface area contributed by atoms with Gasteiger partial charge in [-0.2, -0.15) is 13.2 Å². The second-order valence-corrected chi connectivity index (χ2v) is 8.04. The first-order valence-corrected chi connectivity index (χ1v) is 10.4. The van der Waals surface area contributed by atoms with Gasteiger partial charge in [0, 0.05) is 28.4 Å². The molecule has 0 aliphatic heterocycles. The van der Waals surface area contributed by atoms with Gasteiger partial charge in [0.1, 0.15) is 17.9 Å². The van der Waals surface area contributed by atoms with Crippen LogP contribution in [0.25, 0.3) is 16.6 Å². The van der Waals surface area contributed by atoms with E-state index in [4.69, 9.17) is 21.4 Å². The van der Waals surface area contributed by atoms with Gasteiger partial charge in [-0.25, -0.2) is 22.4 Å². The number of hydrogen-bond acceptors (Lipinski definition) is 3. The number of carboxylic acid groups (broad SMARTS) is 1. The van der Waals surface area contributed by atoms with Crippen molar-refractivity contribution in [3.8, 4) is 11.4 Å². The first kappa shape index (κ1) is 26.0. The van der Waals surface area contributed by atoms with Gasteiger partial charge in [0.2, 0.25) is 0 Å². The largest absolute Gasteiger partial charge is 0.489 e. The second kappa shape index (κ2) is 9.43. The third kappa shape index (κ3) is 4.71. The van der Waals surface area contributed by atoms with E-state index in [1.807, 2.05) is 0 Å². The van der Waals surface area contributed by atoms with Crippen molar-refractivity contribution in [3.05, 3.63) is 93.6 Å². The SMILES string of the molecule is O=C(O)C(=O)c1cn(-c2cccc(OCc3c(F)c(F)c(C(F)(F)F)c(F)c3F)c2)c2ccc(Cl)cc12. The minimum Gasteiger partial charge on any atom is -0.489 e. The average Bonchev–Trinajstić information content (AvgIpc) is 3.20. The van der Waals surface area contributed by atoms with Crippen molar-refractivity contribution >= 4 is 34.3 Å². The molecule has 0 saturated heterocycles. The molecule has 192 valence electrons. The van der Waals surface area contributed by atoms with Crippen LogP contribution in [-0.2, 0) is 17.6 Å². The number of carboxylic acids is 1. The number of alkyl halides is 3. The maximum absolute atomic E-state index is 14.2. The summed E-state index contributed by atoms with van der Waals surface area (Å²) in [5.74, 6) is -12.8. The van der Waals surface area contributed by atoms with Crippen LogP contribution in [0.5, 0.6) is 5.75 Å². The number of ketones is 1. The Morgan fingerprint density at radius 1 is 0.946 bits per heavy atom. The van der Waals surface area contributed by atoms with Crippen molar-refractivity contribution < 1.29 is 50.2 Å². The molecule has 0 radical (unpaired) electrons. The Balaban J connectivity index is 1.71. The quantitative estimate of drug-likeness (QED) is 0.127. The van der Waals surface area contributed by atoms with E-state index in [9.17, 15) is 40.3 Å². The zero-order valence-corrected chi connectivity index (χ0v) is 18.7. The Labute approximate surface area is 207 Å². The molecule has 13 heteroatoms. The van der Waals surface area contributed by atoms with E-state index in [-0.39, 0.29) is 27.4 Å². The molecule has 4 aromatic rings. The van der Waals surface area contributed by atoms with Crippen molar-refractivity contribution in [2.75, 3.05) is 0 Å². The molecule has 3 aromatic carbocycles. The van der Waals surface area contributed by atoms with Crippen molar-refractivity contribution in [2.45, 2.75) is 12.8 Å². The lowest BCUT2D eigenvalue weighted by Gasteiger charge is -2.15. The van der Waals surface area contributed by atoms with E-state index in [0.29, 0.717) is 5.52 Å². The van der Waals surface area contributed by atoms with Gasteiger partial charge in [0.05, 0.1) is 16.6 Å². The number of hydrogen-bond donors (Lipinski definition) is 1. The normalized spacial score (nSPS) is 11.7. The molecule has 0 bridgehead atoms. The van der Waals surface area contributed by atoms with Crippen LogP contribution in [0.2, 0.25) is 5.02 Å². The summed E-state index contributed by atoms with van der Waals surface area (Å²) in [6, 6.07) is 9.80. The van der Waals surface area contributed by atoms with Gasteiger partial charge in [-0.05, 0) is 30.3 Å². The number of fused-ring (bicyclic) bond motifs is 1. The minimum absolute atomic E-state index is 0.126. The first-order valence-electron chi connectivity index (χ1n) is 10.0. The number of ether oxygens (including phenoxy) is 1. The van der Waals surface area contributed by atoms with E-state index in [0.717, 1.165) is 0 Å². The summed E-state index contributed by atoms with van der Waals surface area (Å²) in [7, 11) is 0. The molecule has 0 aliphatic rings. The molecular weight excluding hydrogens is 535 g/mol. The summed E-state index contributed by atoms with van der Waals surface area (Å²) in [4.78, 5) is 23.4. The summed E-state index contributed by atoms with van der Waals surface area (Å²) >= 11 is 5.97. The van der Waals surface area contributed by atoms with Gasteiger partial charge < -0.3 is 14.4 Å². The fourth-order valence-electron chi connectivity index (χ4n) is 3.64. The third-order valence-corrected chi connectivity index (χ3v) is 5.56. The Kier molecular flexibility index (Phi) is 6.63. The lowest BCUT2D eigenvalue weighted by atomic mass is 10.1. The molecule has 0 saturated carbocycles. The number of aromatic nitrogens is 1. The van der Waals surface area contributed by atoms with Crippen LogP contribution in [0, 0.1) is 23.3 Å². The highest BCUT2D eigenvalue weighted by Crippen LogP contribution is 2.37. The van der Waals surface area contributed by atoms with Crippen LogP contribution in [0.4, 0.5) is 30.7 Å². The van der Waals surface area contributed by atoms with Crippen molar-refractivity contribution in [1.82, 2.24) is 4.57 Å². The van der Waals surface area contributed by atoms with Gasteiger partial charge in [0.25, 0.3) is 5.78 Å². The number of halogens is 8. The van der Waals surface area contributed by atoms with Crippen molar-refractivity contribution in [3.63, 3.8) is 0 Å². The molecule has 0 fully saturated rings. The molecule has 1 N–H and O–H groups in total. The molecule has 0 unspecified atom stereocenters. The van der Waals surface area contributed by atoms with Crippen LogP contribution in [-0.4, -0.2) is 21.4 Å². The van der Waals surface area contributed by atoms with E-state index < -0.39 is 58.9 Å². The van der Waals surface area contributed by atoms with Crippen LogP contribution < -0.4 is 4.74 Å². The zero-order valence-electron chi connectivity index (χ0n) is 18.0. The number of carbonyl (C=O) groups is 2. The smallest absolute Gasteiger partial charge is 0.422 e. The maximum atomic E-state index is 14.2. The molecule has 5 nitrogen and oxygen atoms in total. The summed E-state index contributed by atoms with van der Waals surface area (Å²) in [6.45, 7) is -1.17. The lowest BCUT2D eigenvalue weighted by Crippen LogP contribution is -2.18. The fraction of sp³-hybridized carbons (Fsp3) is 0.0833. The predicted molar refractivity (Wildman–Crippen MR) is 116 cm³/mol. The molecule has 1 aromatic heterocycles. The Hall–Kier alpha value is -4.06. The van der Waals surface area contributed by atoms with Crippen LogP contribution >= 0.6 is 11.6 Å². The summed E-state index contributed by atoms with van der Waals surface area (Å²) in [5, 5.41) is 9.56. The Morgan fingerprint density at radius 3 is 2.19 bits per heavy atom. The van der Waals surface area contributed by atoms with Gasteiger partial charge in [0.15, 0.2) is 23.3 Å². The number of aliphatic carboxylic acids is 1. The molecule has 37 heavy (non-hydrogen) atoms. The van der Waals surface area contributed by atoms with Crippen LogP contribution in [0.3, 0.4) is 0 Å². The maximum Gasteiger partial charge on any atom is 0.422 e. The summed E-state index contributed by atoms with van der Waals surface area (Å²) in [5.41, 5.74) is -3.66. The lowest BCUT2D eigenvalue weighted by molar-refractivity contribution is -0.143. The van der Waals surface area contributed by atoms with Gasteiger partial charge in [-0.1, -0.05) is 17.7 Å². The van der Waals surface area contributed by atoms with E-state index in [1.54, 1.807) is 0 Å². The van der Waals surface area contributed by atoms with Crippen LogP contribution in [0.1, 0.15) is 21.5 Å². The first-order chi connectivity index (χ1) is 17.3. The molecule has 0 aliphatic carbocycles. The Bertz CT molecular complexity index is 1550. The van der Waals surface area contributed by atoms with Crippen LogP contribution in [0.15, 0.2) is 48.7 Å². The number of nitrogens with zero attached hydrogens (tertiary/aromatic N) is 1. The van der Waals surface area contributed by atoms with E-state index in [2.05, 4.69) is 0 Å². The molecule has 0 spiro atoms. The highest BCUT2D eigenvalue weighted by atomic mass is 35.5. The third-order valence-electron chi connectivity index (χ3n) is 5.32. The fourth-order valence-corrected chi connectivity index (χ4v) is 3.82. The Morgan fingerprint density at radius 2 is 1.59 bits per heavy atom. The van der Waals surface area contributed by atoms with Gasteiger partial charge in [-0.3, -0.25) is 4.79 Å².